The minimum atomic E-state index is 0.537. The van der Waals surface area contributed by atoms with Crippen LogP contribution in [0.25, 0.3) is 178 Å². The van der Waals surface area contributed by atoms with Crippen LogP contribution in [0.15, 0.2) is 316 Å². The van der Waals surface area contributed by atoms with Crippen molar-refractivity contribution in [1.29, 1.82) is 0 Å². The van der Waals surface area contributed by atoms with Crippen LogP contribution in [-0.4, -0.2) is 59.8 Å². The highest BCUT2D eigenvalue weighted by atomic mass is 14.9. The topological polar surface area (TPSA) is 155 Å². The number of fused-ring (bicyclic) bond motifs is 7. The van der Waals surface area contributed by atoms with E-state index in [2.05, 4.69) is 226 Å². The van der Waals surface area contributed by atoms with Crippen molar-refractivity contribution >= 4 is 65.4 Å². The molecular weight excluding hydrogens is 1180 g/mol. The van der Waals surface area contributed by atoms with Gasteiger partial charge < -0.3 is 0 Å². The Kier molecular flexibility index (Phi) is 14.6. The Labute approximate surface area is 551 Å². The minimum absolute atomic E-state index is 0.537. The number of pyridine rings is 8. The molecule has 18 aromatic rings. The van der Waals surface area contributed by atoms with Crippen molar-refractivity contribution in [1.82, 2.24) is 59.8 Å². The molecule has 8 aromatic carbocycles. The maximum absolute atomic E-state index is 5.15. The van der Waals surface area contributed by atoms with Crippen molar-refractivity contribution < 1.29 is 0 Å². The summed E-state index contributed by atoms with van der Waals surface area (Å²) in [6.45, 7) is 0. The molecule has 0 atom stereocenters. The van der Waals surface area contributed by atoms with Crippen LogP contribution in [0.3, 0.4) is 0 Å². The molecule has 18 rings (SSSR count). The number of nitrogens with zero attached hydrogens (tertiary/aromatic N) is 12. The van der Waals surface area contributed by atoms with Gasteiger partial charge in [-0.25, -0.2) is 49.8 Å². The molecule has 10 heterocycles. The highest BCUT2D eigenvalue weighted by Crippen LogP contribution is 2.35. The zero-order valence-electron chi connectivity index (χ0n) is 51.4. The summed E-state index contributed by atoms with van der Waals surface area (Å²) < 4.78 is 0. The molecule has 10 aromatic heterocycles. The third-order valence-corrected chi connectivity index (χ3v) is 17.3. The van der Waals surface area contributed by atoms with Crippen LogP contribution in [0, 0.1) is 0 Å². The second-order valence-corrected chi connectivity index (χ2v) is 23.4. The Bertz CT molecular complexity index is 5890. The lowest BCUT2D eigenvalue weighted by Gasteiger charge is -2.10. The first-order valence-electron chi connectivity index (χ1n) is 31.5. The van der Waals surface area contributed by atoms with Gasteiger partial charge in [0, 0.05) is 96.7 Å². The molecule has 0 N–H and O–H groups in total. The molecule has 0 radical (unpaired) electrons. The summed E-state index contributed by atoms with van der Waals surface area (Å²) in [5, 5.41) is 6.43. The van der Waals surface area contributed by atoms with E-state index >= 15 is 0 Å². The van der Waals surface area contributed by atoms with Gasteiger partial charge in [-0.1, -0.05) is 182 Å². The summed E-state index contributed by atoms with van der Waals surface area (Å²) in [4.78, 5) is 57.1. The second-order valence-electron chi connectivity index (χ2n) is 23.4. The molecule has 0 spiro atoms. The van der Waals surface area contributed by atoms with Crippen molar-refractivity contribution in [2.75, 3.05) is 0 Å². The molecule has 0 aliphatic carbocycles. The molecule has 0 amide bonds. The summed E-state index contributed by atoms with van der Waals surface area (Å²) in [6, 6.07) is 95.5. The first-order valence-corrected chi connectivity index (χ1v) is 31.5. The number of rotatable bonds is 10. The Morgan fingerprint density at radius 3 is 1.04 bits per heavy atom. The summed E-state index contributed by atoms with van der Waals surface area (Å²) >= 11 is 0. The smallest absolute Gasteiger partial charge is 0.179 e. The fourth-order valence-electron chi connectivity index (χ4n) is 12.2. The highest BCUT2D eigenvalue weighted by molar-refractivity contribution is 6.04. The highest BCUT2D eigenvalue weighted by Gasteiger charge is 2.16. The van der Waals surface area contributed by atoms with Gasteiger partial charge in [0.2, 0.25) is 0 Å². The van der Waals surface area contributed by atoms with E-state index < -0.39 is 0 Å². The fourth-order valence-corrected chi connectivity index (χ4v) is 12.2. The van der Waals surface area contributed by atoms with Crippen LogP contribution in [0.4, 0.5) is 0 Å². The first kappa shape index (κ1) is 56.6. The molecular formula is C84H52N12. The van der Waals surface area contributed by atoms with E-state index in [0.29, 0.717) is 11.5 Å². The minimum Gasteiger partial charge on any atom is -0.264 e. The number of hydrogen-bond donors (Lipinski definition) is 0. The zero-order chi connectivity index (χ0) is 63.7. The van der Waals surface area contributed by atoms with Crippen molar-refractivity contribution in [3.05, 3.63) is 316 Å². The molecule has 0 aliphatic heterocycles. The summed E-state index contributed by atoms with van der Waals surface area (Å²) in [5.74, 6) is 0.537. The fraction of sp³-hybridized carbons (Fsp3) is 0. The van der Waals surface area contributed by atoms with E-state index in [0.717, 1.165) is 161 Å². The third kappa shape index (κ3) is 11.4. The summed E-state index contributed by atoms with van der Waals surface area (Å²) in [7, 11) is 0. The summed E-state index contributed by atoms with van der Waals surface area (Å²) in [6.07, 6.45) is 10.4. The molecule has 96 heavy (non-hydrogen) atoms. The van der Waals surface area contributed by atoms with Gasteiger partial charge in [0.25, 0.3) is 0 Å². The van der Waals surface area contributed by atoms with Crippen LogP contribution in [0.2, 0.25) is 0 Å². The Hall–Kier alpha value is -13.3. The van der Waals surface area contributed by atoms with Gasteiger partial charge in [-0.2, -0.15) is 0 Å². The van der Waals surface area contributed by atoms with Crippen LogP contribution in [0.1, 0.15) is 0 Å². The molecule has 0 unspecified atom stereocenters. The first-order chi connectivity index (χ1) is 47.5. The molecule has 12 heteroatoms. The molecule has 12 nitrogen and oxygen atoms in total. The van der Waals surface area contributed by atoms with E-state index in [1.54, 1.807) is 37.3 Å². The van der Waals surface area contributed by atoms with E-state index in [-0.39, 0.29) is 0 Å². The predicted molar refractivity (Wildman–Crippen MR) is 386 cm³/mol. The molecule has 0 aliphatic rings. The Balaban J connectivity index is 0.000000147. The number of benzene rings is 8. The molecule has 0 bridgehead atoms. The second kappa shape index (κ2) is 24.7. The molecule has 0 fully saturated rings. The van der Waals surface area contributed by atoms with Crippen molar-refractivity contribution in [3.8, 4) is 113 Å². The van der Waals surface area contributed by atoms with E-state index in [9.17, 15) is 0 Å². The van der Waals surface area contributed by atoms with Crippen LogP contribution in [-0.2, 0) is 0 Å². The lowest BCUT2D eigenvalue weighted by molar-refractivity contribution is 1.15. The third-order valence-electron chi connectivity index (χ3n) is 17.3. The molecule has 0 saturated heterocycles. The quantitative estimate of drug-likeness (QED) is 0.120. The van der Waals surface area contributed by atoms with Gasteiger partial charge in [-0.05, 0) is 119 Å². The van der Waals surface area contributed by atoms with Crippen molar-refractivity contribution in [3.63, 3.8) is 0 Å². The van der Waals surface area contributed by atoms with Gasteiger partial charge in [-0.3, -0.25) is 9.97 Å². The average molecular weight is 1230 g/mol. The lowest BCUT2D eigenvalue weighted by atomic mass is 10.00. The van der Waals surface area contributed by atoms with Gasteiger partial charge in [-0.15, -0.1) is 0 Å². The maximum atomic E-state index is 5.15. The van der Waals surface area contributed by atoms with Crippen LogP contribution < -0.4 is 0 Å². The van der Waals surface area contributed by atoms with Crippen LogP contribution in [0.5, 0.6) is 0 Å². The normalized spacial score (nSPS) is 11.3. The number of aromatic nitrogens is 12. The monoisotopic (exact) mass is 1230 g/mol. The van der Waals surface area contributed by atoms with Gasteiger partial charge in [0.1, 0.15) is 12.0 Å². The van der Waals surface area contributed by atoms with Gasteiger partial charge >= 0.3 is 0 Å². The molecule has 0 saturated carbocycles. The zero-order valence-corrected chi connectivity index (χ0v) is 51.4. The number of hydrogen-bond acceptors (Lipinski definition) is 12. The van der Waals surface area contributed by atoms with E-state index in [1.165, 1.54) is 5.56 Å². The predicted octanol–water partition coefficient (Wildman–Crippen LogP) is 19.7. The summed E-state index contributed by atoms with van der Waals surface area (Å²) in [5.41, 5.74) is 23.4. The Morgan fingerprint density at radius 2 is 0.552 bits per heavy atom. The lowest BCUT2D eigenvalue weighted by Crippen LogP contribution is -1.98. The van der Waals surface area contributed by atoms with E-state index in [4.69, 9.17) is 39.9 Å². The van der Waals surface area contributed by atoms with Gasteiger partial charge in [0.15, 0.2) is 5.82 Å². The maximum Gasteiger partial charge on any atom is 0.179 e. The van der Waals surface area contributed by atoms with Crippen LogP contribution >= 0.6 is 0 Å². The molecule has 448 valence electrons. The van der Waals surface area contributed by atoms with Crippen molar-refractivity contribution in [2.24, 2.45) is 0 Å². The Morgan fingerprint density at radius 1 is 0.188 bits per heavy atom. The SMILES string of the molecule is c1ccc(-c2ccc3ccc(-c4ccc5ccc(-c6nc(-c7cccnc7)cc(-c7cccnc7)n6)nc5c4)nc3c2)cc1.c1ccc(-c2ccc3ccc4ccc(-c5ccc(-c6ccc7ccc(-c8ccc9ccc(-c%10ccncn%10)nc9c8)nc7c6)cc5)nc4c3n2)cc1. The van der Waals surface area contributed by atoms with Crippen molar-refractivity contribution in [2.45, 2.75) is 0 Å². The standard InChI is InChI=1S/C46H28N6.C38H24N6/c1-2-4-30(5-3-1)38-21-18-34-12-13-35-19-22-39(52-46(35)45(34)51-38)31-8-6-29(7-9-31)36-14-10-32-16-20-40(49-43(32)26-36)37-15-11-33-17-23-42(50-44(33)27-37)41-24-25-47-28-48-41;1-2-6-25(7-3-1)28-12-10-26-14-16-32(41-34(26)20-28)29-13-11-27-15-17-33(42-35(27)21-29)38-43-36(30-8-4-18-39-23-30)22-37(44-38)31-9-5-19-40-24-31/h1-28H;1-24H. The average Bonchev–Trinajstić information content (AvgIpc) is 0.800. The van der Waals surface area contributed by atoms with E-state index in [1.807, 2.05) is 72.8 Å². The van der Waals surface area contributed by atoms with Gasteiger partial charge in [0.05, 0.1) is 78.7 Å². The largest absolute Gasteiger partial charge is 0.264 e.